The number of hydrogen-bond acceptors (Lipinski definition) is 5. The van der Waals surface area contributed by atoms with Gasteiger partial charge in [-0.15, -0.1) is 0 Å². The van der Waals surface area contributed by atoms with E-state index in [9.17, 15) is 17.2 Å². The number of halogens is 2. The van der Waals surface area contributed by atoms with Gasteiger partial charge in [-0.25, -0.2) is 27.2 Å². The van der Waals surface area contributed by atoms with Gasteiger partial charge < -0.3 is 4.90 Å². The number of sulfonamides is 1. The number of benzene rings is 1. The topological polar surface area (TPSA) is 66.4 Å². The van der Waals surface area contributed by atoms with Crippen LogP contribution in [0.15, 0.2) is 29.2 Å². The molecule has 0 spiro atoms. The van der Waals surface area contributed by atoms with Crippen LogP contribution in [0, 0.1) is 25.5 Å². The summed E-state index contributed by atoms with van der Waals surface area (Å²) in [6.07, 6.45) is 0. The second kappa shape index (κ2) is 6.64. The van der Waals surface area contributed by atoms with E-state index in [0.29, 0.717) is 25.1 Å². The molecule has 2 heterocycles. The molecule has 0 aliphatic carbocycles. The molecule has 0 amide bonds. The lowest BCUT2D eigenvalue weighted by atomic mass is 10.3. The van der Waals surface area contributed by atoms with E-state index in [1.807, 2.05) is 24.8 Å². The van der Waals surface area contributed by atoms with E-state index in [4.69, 9.17) is 0 Å². The highest BCUT2D eigenvalue weighted by Crippen LogP contribution is 2.21. The zero-order valence-corrected chi connectivity index (χ0v) is 14.7. The van der Waals surface area contributed by atoms with Crippen LogP contribution in [0.1, 0.15) is 11.4 Å². The van der Waals surface area contributed by atoms with Gasteiger partial charge in [0.1, 0.15) is 11.6 Å². The molecule has 1 aromatic carbocycles. The molecular weight excluding hydrogens is 350 g/mol. The van der Waals surface area contributed by atoms with Crippen molar-refractivity contribution in [2.24, 2.45) is 0 Å². The summed E-state index contributed by atoms with van der Waals surface area (Å²) >= 11 is 0. The fraction of sp³-hybridized carbons (Fsp3) is 0.375. The van der Waals surface area contributed by atoms with E-state index < -0.39 is 21.7 Å². The number of nitrogens with zero attached hydrogens (tertiary/aromatic N) is 4. The van der Waals surface area contributed by atoms with Gasteiger partial charge >= 0.3 is 0 Å². The largest absolute Gasteiger partial charge is 0.338 e. The van der Waals surface area contributed by atoms with E-state index >= 15 is 0 Å². The summed E-state index contributed by atoms with van der Waals surface area (Å²) in [6.45, 7) is 4.93. The van der Waals surface area contributed by atoms with Gasteiger partial charge in [0.05, 0.1) is 4.90 Å². The van der Waals surface area contributed by atoms with E-state index in [1.54, 1.807) is 0 Å². The highest BCUT2D eigenvalue weighted by atomic mass is 32.2. The molecule has 9 heteroatoms. The van der Waals surface area contributed by atoms with Crippen molar-refractivity contribution in [2.75, 3.05) is 31.1 Å². The molecule has 0 N–H and O–H groups in total. The second-order valence-corrected chi connectivity index (χ2v) is 7.88. The lowest BCUT2D eigenvalue weighted by molar-refractivity contribution is 0.381. The molecule has 2 aromatic rings. The Kier molecular flexibility index (Phi) is 4.70. The Hall–Kier alpha value is -2.13. The Balaban J connectivity index is 1.77. The molecule has 1 fully saturated rings. The minimum Gasteiger partial charge on any atom is -0.338 e. The van der Waals surface area contributed by atoms with Crippen LogP contribution in [0.2, 0.25) is 0 Å². The summed E-state index contributed by atoms with van der Waals surface area (Å²) in [4.78, 5) is 10.3. The van der Waals surface area contributed by atoms with Crippen LogP contribution in [0.25, 0.3) is 0 Å². The zero-order valence-electron chi connectivity index (χ0n) is 13.9. The third kappa shape index (κ3) is 3.77. The summed E-state index contributed by atoms with van der Waals surface area (Å²) in [5.74, 6) is -1.27. The van der Waals surface area contributed by atoms with Gasteiger partial charge in [-0.3, -0.25) is 0 Å². The number of piperazine rings is 1. The molecule has 25 heavy (non-hydrogen) atoms. The van der Waals surface area contributed by atoms with Crippen molar-refractivity contribution in [3.8, 4) is 0 Å². The lowest BCUT2D eigenvalue weighted by Gasteiger charge is -2.34. The third-order valence-corrected chi connectivity index (χ3v) is 5.84. The minimum atomic E-state index is -3.94. The van der Waals surface area contributed by atoms with Crippen molar-refractivity contribution in [1.82, 2.24) is 14.3 Å². The predicted octanol–water partition coefficient (Wildman–Crippen LogP) is 1.88. The molecule has 0 bridgehead atoms. The lowest BCUT2D eigenvalue weighted by Crippen LogP contribution is -2.49. The minimum absolute atomic E-state index is 0.191. The first-order chi connectivity index (χ1) is 11.8. The fourth-order valence-electron chi connectivity index (χ4n) is 2.80. The van der Waals surface area contributed by atoms with Gasteiger partial charge in [-0.1, -0.05) is 0 Å². The first-order valence-electron chi connectivity index (χ1n) is 7.79. The van der Waals surface area contributed by atoms with E-state index in [1.165, 1.54) is 4.31 Å². The highest BCUT2D eigenvalue weighted by Gasteiger charge is 2.30. The number of rotatable bonds is 3. The SMILES string of the molecule is Cc1cc(C)nc(N2CCN(S(=O)(=O)c3cc(F)cc(F)c3)CC2)n1. The van der Waals surface area contributed by atoms with Crippen LogP contribution < -0.4 is 4.90 Å². The Morgan fingerprint density at radius 2 is 1.40 bits per heavy atom. The molecule has 0 unspecified atom stereocenters. The molecule has 134 valence electrons. The van der Waals surface area contributed by atoms with Crippen molar-refractivity contribution >= 4 is 16.0 Å². The van der Waals surface area contributed by atoms with Crippen LogP contribution in [-0.2, 0) is 10.0 Å². The second-order valence-electron chi connectivity index (χ2n) is 5.95. The molecule has 1 aromatic heterocycles. The van der Waals surface area contributed by atoms with Crippen molar-refractivity contribution in [2.45, 2.75) is 18.7 Å². The van der Waals surface area contributed by atoms with Crippen molar-refractivity contribution in [3.63, 3.8) is 0 Å². The zero-order chi connectivity index (χ0) is 18.2. The van der Waals surface area contributed by atoms with Crippen molar-refractivity contribution in [1.29, 1.82) is 0 Å². The molecular formula is C16H18F2N4O2S. The van der Waals surface area contributed by atoms with E-state index in [2.05, 4.69) is 9.97 Å². The molecule has 1 saturated heterocycles. The monoisotopic (exact) mass is 368 g/mol. The Morgan fingerprint density at radius 3 is 1.92 bits per heavy atom. The first-order valence-corrected chi connectivity index (χ1v) is 9.23. The molecule has 3 rings (SSSR count). The van der Waals surface area contributed by atoms with Gasteiger partial charge in [0, 0.05) is 43.6 Å². The van der Waals surface area contributed by atoms with Crippen molar-refractivity contribution in [3.05, 3.63) is 47.3 Å². The third-order valence-electron chi connectivity index (χ3n) is 3.97. The number of anilines is 1. The van der Waals surface area contributed by atoms with Gasteiger partial charge in [0.25, 0.3) is 0 Å². The maximum absolute atomic E-state index is 13.3. The van der Waals surface area contributed by atoms with Crippen LogP contribution in [0.5, 0.6) is 0 Å². The quantitative estimate of drug-likeness (QED) is 0.828. The molecule has 1 aliphatic heterocycles. The molecule has 6 nitrogen and oxygen atoms in total. The highest BCUT2D eigenvalue weighted by molar-refractivity contribution is 7.89. The number of hydrogen-bond donors (Lipinski definition) is 0. The fourth-order valence-corrected chi connectivity index (χ4v) is 4.27. The molecule has 1 aliphatic rings. The Morgan fingerprint density at radius 1 is 0.880 bits per heavy atom. The maximum atomic E-state index is 13.3. The van der Waals surface area contributed by atoms with Gasteiger partial charge in [0.15, 0.2) is 0 Å². The molecule has 0 saturated carbocycles. The molecule has 0 atom stereocenters. The van der Waals surface area contributed by atoms with Crippen LogP contribution >= 0.6 is 0 Å². The smallest absolute Gasteiger partial charge is 0.243 e. The average Bonchev–Trinajstić information content (AvgIpc) is 2.53. The van der Waals surface area contributed by atoms with E-state index in [0.717, 1.165) is 23.5 Å². The van der Waals surface area contributed by atoms with Crippen LogP contribution in [0.3, 0.4) is 0 Å². The van der Waals surface area contributed by atoms with Crippen LogP contribution in [-0.4, -0.2) is 48.9 Å². The number of aryl methyl sites for hydroxylation is 2. The summed E-state index contributed by atoms with van der Waals surface area (Å²) < 4.78 is 53.1. The van der Waals surface area contributed by atoms with Gasteiger partial charge in [0.2, 0.25) is 16.0 Å². The summed E-state index contributed by atoms with van der Waals surface area (Å²) in [6, 6.07) is 4.17. The van der Waals surface area contributed by atoms with Crippen LogP contribution in [0.4, 0.5) is 14.7 Å². The first kappa shape index (κ1) is 17.7. The van der Waals surface area contributed by atoms with Gasteiger partial charge in [-0.2, -0.15) is 4.31 Å². The number of aromatic nitrogens is 2. The Bertz CT molecular complexity index is 857. The predicted molar refractivity (Wildman–Crippen MR) is 88.8 cm³/mol. The maximum Gasteiger partial charge on any atom is 0.243 e. The molecule has 0 radical (unpaired) electrons. The van der Waals surface area contributed by atoms with Gasteiger partial charge in [-0.05, 0) is 32.0 Å². The van der Waals surface area contributed by atoms with E-state index in [-0.39, 0.29) is 18.0 Å². The Labute approximate surface area is 145 Å². The summed E-state index contributed by atoms with van der Waals surface area (Å²) in [5, 5.41) is 0. The van der Waals surface area contributed by atoms with Crippen molar-refractivity contribution < 1.29 is 17.2 Å². The normalized spacial score (nSPS) is 16.2. The summed E-state index contributed by atoms with van der Waals surface area (Å²) in [7, 11) is -3.94. The summed E-state index contributed by atoms with van der Waals surface area (Å²) in [5.41, 5.74) is 1.68. The standard InChI is InChI=1S/C16H18F2N4O2S/c1-11-7-12(2)20-16(19-11)21-3-5-22(6-4-21)25(23,24)15-9-13(17)8-14(18)10-15/h7-10H,3-6H2,1-2H3. The average molecular weight is 368 g/mol.